The summed E-state index contributed by atoms with van der Waals surface area (Å²) in [6, 6.07) is 14.9. The highest BCUT2D eigenvalue weighted by Gasteiger charge is 2.40. The molecular formula is C36H50N4O7. The van der Waals surface area contributed by atoms with Gasteiger partial charge in [-0.2, -0.15) is 0 Å². The van der Waals surface area contributed by atoms with Gasteiger partial charge in [0, 0.05) is 13.0 Å². The van der Waals surface area contributed by atoms with Crippen LogP contribution < -0.4 is 16.0 Å². The highest BCUT2D eigenvalue weighted by atomic mass is 16.5. The van der Waals surface area contributed by atoms with Crippen molar-refractivity contribution in [3.05, 3.63) is 71.8 Å². The van der Waals surface area contributed by atoms with Crippen LogP contribution in [0.5, 0.6) is 0 Å². The number of esters is 1. The minimum atomic E-state index is -1.01. The van der Waals surface area contributed by atoms with Gasteiger partial charge in [-0.15, -0.1) is 0 Å². The molecule has 0 saturated carbocycles. The van der Waals surface area contributed by atoms with Crippen LogP contribution in [0, 0.1) is 11.8 Å². The van der Waals surface area contributed by atoms with E-state index in [0.717, 1.165) is 11.1 Å². The Labute approximate surface area is 278 Å². The fraction of sp³-hybridized carbons (Fsp3) is 0.528. The highest BCUT2D eigenvalue weighted by Crippen LogP contribution is 2.21. The van der Waals surface area contributed by atoms with Crippen LogP contribution in [0.15, 0.2) is 60.7 Å². The fourth-order valence-corrected chi connectivity index (χ4v) is 5.63. The van der Waals surface area contributed by atoms with Crippen molar-refractivity contribution in [1.82, 2.24) is 20.9 Å². The van der Waals surface area contributed by atoms with Crippen LogP contribution in [0.2, 0.25) is 0 Å². The van der Waals surface area contributed by atoms with Gasteiger partial charge in [0.1, 0.15) is 30.8 Å². The van der Waals surface area contributed by atoms with Crippen molar-refractivity contribution in [2.75, 3.05) is 13.2 Å². The molecular weight excluding hydrogens is 600 g/mol. The van der Waals surface area contributed by atoms with E-state index < -0.39 is 54.0 Å². The number of amides is 4. The molecule has 1 saturated heterocycles. The molecule has 11 heteroatoms. The summed E-state index contributed by atoms with van der Waals surface area (Å²) in [5.41, 5.74) is 1.63. The lowest BCUT2D eigenvalue weighted by Crippen LogP contribution is -2.58. The van der Waals surface area contributed by atoms with Crippen LogP contribution >= 0.6 is 0 Å². The number of nitrogens with one attached hydrogen (secondary N) is 3. The molecule has 0 unspecified atom stereocenters. The lowest BCUT2D eigenvalue weighted by Gasteiger charge is -2.31. The standard InChI is InChI=1S/C36H50N4O7/c1-6-46-35(44)30(21-25(4)5)38-33(42)31-18-13-19-40(31)34(43)29(22-26-14-9-7-10-15-26)37-32(41)28(20-24(2)3)39-36(45)47-23-27-16-11-8-12-17-27/h7-12,14-17,24-25,28-31H,6,13,18-23H2,1-5H3,(H,37,41)(H,38,42)(H,39,45)/t28-,29+,30-,31-/m0/s1. The maximum atomic E-state index is 14.2. The Kier molecular flexibility index (Phi) is 14.7. The maximum absolute atomic E-state index is 14.2. The highest BCUT2D eigenvalue weighted by molar-refractivity contribution is 5.95. The van der Waals surface area contributed by atoms with Crippen LogP contribution in [0.1, 0.15) is 71.4 Å². The van der Waals surface area contributed by atoms with E-state index in [1.807, 2.05) is 88.4 Å². The van der Waals surface area contributed by atoms with Crippen molar-refractivity contribution in [1.29, 1.82) is 0 Å². The van der Waals surface area contributed by atoms with Gasteiger partial charge in [0.25, 0.3) is 0 Å². The molecule has 0 spiro atoms. The number of carbonyl (C=O) groups excluding carboxylic acids is 5. The molecule has 11 nitrogen and oxygen atoms in total. The number of ether oxygens (including phenoxy) is 2. The first-order chi connectivity index (χ1) is 22.5. The molecule has 47 heavy (non-hydrogen) atoms. The third kappa shape index (κ3) is 12.0. The zero-order chi connectivity index (χ0) is 34.3. The van der Waals surface area contributed by atoms with Crippen molar-refractivity contribution in [2.24, 2.45) is 11.8 Å². The summed E-state index contributed by atoms with van der Waals surface area (Å²) in [6.45, 7) is 10.0. The van der Waals surface area contributed by atoms with Crippen molar-refractivity contribution in [3.63, 3.8) is 0 Å². The summed E-state index contributed by atoms with van der Waals surface area (Å²) in [5.74, 6) is -1.70. The van der Waals surface area contributed by atoms with E-state index in [1.165, 1.54) is 4.90 Å². The monoisotopic (exact) mass is 650 g/mol. The van der Waals surface area contributed by atoms with Crippen LogP contribution in [-0.4, -0.2) is 72.0 Å². The average molecular weight is 651 g/mol. The lowest BCUT2D eigenvalue weighted by molar-refractivity contribution is -0.149. The van der Waals surface area contributed by atoms with Crippen LogP contribution in [0.3, 0.4) is 0 Å². The maximum Gasteiger partial charge on any atom is 0.408 e. The summed E-state index contributed by atoms with van der Waals surface area (Å²) in [5, 5.41) is 8.38. The summed E-state index contributed by atoms with van der Waals surface area (Å²) in [6.07, 6.45) is 1.17. The third-order valence-electron chi connectivity index (χ3n) is 7.86. The molecule has 3 N–H and O–H groups in total. The molecule has 4 amide bonds. The molecule has 1 fully saturated rings. The smallest absolute Gasteiger partial charge is 0.408 e. The van der Waals surface area contributed by atoms with Crippen LogP contribution in [-0.2, 0) is 41.7 Å². The van der Waals surface area contributed by atoms with Gasteiger partial charge in [0.2, 0.25) is 17.7 Å². The Hall–Kier alpha value is -4.41. The van der Waals surface area contributed by atoms with Gasteiger partial charge in [-0.3, -0.25) is 14.4 Å². The molecule has 256 valence electrons. The summed E-state index contributed by atoms with van der Waals surface area (Å²) in [7, 11) is 0. The Bertz CT molecular complexity index is 1320. The number of nitrogens with zero attached hydrogens (tertiary/aromatic N) is 1. The number of carbonyl (C=O) groups is 5. The average Bonchev–Trinajstić information content (AvgIpc) is 3.53. The van der Waals surface area contributed by atoms with Gasteiger partial charge >= 0.3 is 12.1 Å². The molecule has 4 atom stereocenters. The number of hydrogen-bond acceptors (Lipinski definition) is 7. The Morgan fingerprint density at radius 3 is 1.96 bits per heavy atom. The second-order valence-corrected chi connectivity index (χ2v) is 12.8. The number of alkyl carbamates (subject to hydrolysis) is 1. The van der Waals surface area contributed by atoms with Crippen molar-refractivity contribution in [2.45, 2.75) is 97.5 Å². The van der Waals surface area contributed by atoms with Crippen LogP contribution in [0.4, 0.5) is 4.79 Å². The predicted molar refractivity (Wildman–Crippen MR) is 178 cm³/mol. The normalized spacial score (nSPS) is 16.2. The van der Waals surface area contributed by atoms with E-state index in [2.05, 4.69) is 16.0 Å². The first-order valence-electron chi connectivity index (χ1n) is 16.6. The summed E-state index contributed by atoms with van der Waals surface area (Å²) < 4.78 is 10.6. The van der Waals surface area contributed by atoms with E-state index in [9.17, 15) is 24.0 Å². The van der Waals surface area contributed by atoms with Gasteiger partial charge in [0.15, 0.2) is 0 Å². The molecule has 0 radical (unpaired) electrons. The third-order valence-corrected chi connectivity index (χ3v) is 7.86. The van der Waals surface area contributed by atoms with Gasteiger partial charge in [0.05, 0.1) is 6.61 Å². The molecule has 3 rings (SSSR count). The van der Waals surface area contributed by atoms with E-state index >= 15 is 0 Å². The predicted octanol–water partition coefficient (Wildman–Crippen LogP) is 4.14. The topological polar surface area (TPSA) is 143 Å². The molecule has 2 aromatic carbocycles. The quantitative estimate of drug-likeness (QED) is 0.232. The number of hydrogen-bond donors (Lipinski definition) is 3. The number of benzene rings is 2. The number of likely N-dealkylation sites (tertiary alicyclic amines) is 1. The molecule has 0 aromatic heterocycles. The van der Waals surface area contributed by atoms with E-state index in [0.29, 0.717) is 32.2 Å². The second kappa shape index (κ2) is 18.7. The SMILES string of the molecule is CCOC(=O)[C@H](CC(C)C)NC(=O)[C@@H]1CCCN1C(=O)[C@@H](Cc1ccccc1)NC(=O)[C@H](CC(C)C)NC(=O)OCc1ccccc1. The Morgan fingerprint density at radius 2 is 1.36 bits per heavy atom. The Balaban J connectivity index is 1.78. The van der Waals surface area contributed by atoms with Gasteiger partial charge in [-0.1, -0.05) is 88.4 Å². The Morgan fingerprint density at radius 1 is 0.766 bits per heavy atom. The van der Waals surface area contributed by atoms with Crippen molar-refractivity contribution in [3.8, 4) is 0 Å². The minimum absolute atomic E-state index is 0.0460. The molecule has 2 aromatic rings. The zero-order valence-corrected chi connectivity index (χ0v) is 28.2. The number of rotatable bonds is 16. The lowest BCUT2D eigenvalue weighted by atomic mass is 10.0. The van der Waals surface area contributed by atoms with Crippen molar-refractivity contribution < 1.29 is 33.4 Å². The fourth-order valence-electron chi connectivity index (χ4n) is 5.63. The summed E-state index contributed by atoms with van der Waals surface area (Å²) in [4.78, 5) is 68.2. The molecule has 0 bridgehead atoms. The van der Waals surface area contributed by atoms with Gasteiger partial charge in [-0.05, 0) is 55.6 Å². The molecule has 1 aliphatic rings. The van der Waals surface area contributed by atoms with Gasteiger partial charge in [-0.25, -0.2) is 9.59 Å². The van der Waals surface area contributed by atoms with Crippen molar-refractivity contribution >= 4 is 29.8 Å². The van der Waals surface area contributed by atoms with Crippen LogP contribution in [0.25, 0.3) is 0 Å². The zero-order valence-electron chi connectivity index (χ0n) is 28.2. The first-order valence-corrected chi connectivity index (χ1v) is 16.6. The summed E-state index contributed by atoms with van der Waals surface area (Å²) >= 11 is 0. The second-order valence-electron chi connectivity index (χ2n) is 12.8. The van der Waals surface area contributed by atoms with Gasteiger partial charge < -0.3 is 30.3 Å². The minimum Gasteiger partial charge on any atom is -0.464 e. The largest absolute Gasteiger partial charge is 0.464 e. The van der Waals surface area contributed by atoms with E-state index in [1.54, 1.807) is 6.92 Å². The molecule has 1 aliphatic heterocycles. The molecule has 1 heterocycles. The first kappa shape index (κ1) is 37.1. The molecule has 0 aliphatic carbocycles. The van der Waals surface area contributed by atoms with E-state index in [4.69, 9.17) is 9.47 Å². The van der Waals surface area contributed by atoms with E-state index in [-0.39, 0.29) is 31.5 Å².